The van der Waals surface area contributed by atoms with E-state index in [0.717, 1.165) is 14.4 Å². The lowest BCUT2D eigenvalue weighted by atomic mass is 10.1. The molecule has 0 unspecified atom stereocenters. The summed E-state index contributed by atoms with van der Waals surface area (Å²) in [5.41, 5.74) is 1.31. The number of benzene rings is 1. The molecule has 1 aromatic carbocycles. The van der Waals surface area contributed by atoms with Gasteiger partial charge in [0.1, 0.15) is 0 Å². The highest BCUT2D eigenvalue weighted by Gasteiger charge is 2.11. The van der Waals surface area contributed by atoms with E-state index in [1.54, 1.807) is 36.6 Å². The third-order valence-corrected chi connectivity index (χ3v) is 4.41. The van der Waals surface area contributed by atoms with Crippen molar-refractivity contribution in [3.8, 4) is 0 Å². The highest BCUT2D eigenvalue weighted by atomic mass is 79.9. The first-order chi connectivity index (χ1) is 9.10. The third kappa shape index (κ3) is 3.72. The van der Waals surface area contributed by atoms with Crippen molar-refractivity contribution < 1.29 is 4.79 Å². The van der Waals surface area contributed by atoms with E-state index in [-0.39, 0.29) is 5.91 Å². The first-order valence-electron chi connectivity index (χ1n) is 5.60. The molecule has 0 aliphatic rings. The van der Waals surface area contributed by atoms with E-state index in [4.69, 9.17) is 11.6 Å². The third-order valence-electron chi connectivity index (χ3n) is 2.55. The van der Waals surface area contributed by atoms with E-state index in [1.165, 1.54) is 0 Å². The fraction of sp³-hybridized carbons (Fsp3) is 0.154. The van der Waals surface area contributed by atoms with Crippen molar-refractivity contribution >= 4 is 50.5 Å². The molecule has 0 radical (unpaired) electrons. The summed E-state index contributed by atoms with van der Waals surface area (Å²) >= 11 is 10.9. The molecule has 0 atom stereocenters. The van der Waals surface area contributed by atoms with E-state index in [1.807, 2.05) is 12.1 Å². The Morgan fingerprint density at radius 3 is 2.79 bits per heavy atom. The zero-order chi connectivity index (χ0) is 13.8. The summed E-state index contributed by atoms with van der Waals surface area (Å²) in [5, 5.41) is 6.41. The average molecular weight is 360 g/mol. The van der Waals surface area contributed by atoms with E-state index >= 15 is 0 Å². The SMILES string of the molecule is CNc1ccc(Cl)cc1C(=O)NCc1ccc(Br)s1. The normalized spacial score (nSPS) is 10.3. The van der Waals surface area contributed by atoms with Crippen LogP contribution in [0.3, 0.4) is 0 Å². The minimum Gasteiger partial charge on any atom is -0.387 e. The Morgan fingerprint density at radius 2 is 2.16 bits per heavy atom. The largest absolute Gasteiger partial charge is 0.387 e. The van der Waals surface area contributed by atoms with Crippen LogP contribution in [-0.2, 0) is 6.54 Å². The maximum Gasteiger partial charge on any atom is 0.253 e. The van der Waals surface area contributed by atoms with Crippen molar-refractivity contribution in [1.29, 1.82) is 0 Å². The molecule has 1 heterocycles. The fourth-order valence-corrected chi connectivity index (χ4v) is 3.23. The van der Waals surface area contributed by atoms with Gasteiger partial charge in [0.15, 0.2) is 0 Å². The minimum absolute atomic E-state index is 0.142. The second kappa shape index (κ2) is 6.41. The quantitative estimate of drug-likeness (QED) is 0.861. The number of halogens is 2. The van der Waals surface area contributed by atoms with Crippen LogP contribution in [0.4, 0.5) is 5.69 Å². The minimum atomic E-state index is -0.142. The van der Waals surface area contributed by atoms with Gasteiger partial charge >= 0.3 is 0 Å². The predicted octanol–water partition coefficient (Wildman–Crippen LogP) is 4.14. The molecule has 0 bridgehead atoms. The Labute approximate surface area is 129 Å². The summed E-state index contributed by atoms with van der Waals surface area (Å²) < 4.78 is 1.05. The van der Waals surface area contributed by atoms with Crippen molar-refractivity contribution in [2.24, 2.45) is 0 Å². The molecule has 2 aromatic rings. The summed E-state index contributed by atoms with van der Waals surface area (Å²) in [6, 6.07) is 9.14. The Morgan fingerprint density at radius 1 is 1.37 bits per heavy atom. The van der Waals surface area contributed by atoms with Crippen LogP contribution >= 0.6 is 38.9 Å². The molecule has 2 N–H and O–H groups in total. The highest BCUT2D eigenvalue weighted by Crippen LogP contribution is 2.23. The Bertz CT molecular complexity index is 600. The van der Waals surface area contributed by atoms with Crippen LogP contribution in [0.5, 0.6) is 0 Å². The van der Waals surface area contributed by atoms with E-state index in [0.29, 0.717) is 17.1 Å². The zero-order valence-corrected chi connectivity index (χ0v) is 13.3. The van der Waals surface area contributed by atoms with Gasteiger partial charge in [-0.25, -0.2) is 0 Å². The standard InChI is InChI=1S/C13H12BrClN2OS/c1-16-11-4-2-8(15)6-10(11)13(18)17-7-9-3-5-12(14)19-9/h2-6,16H,7H2,1H3,(H,17,18). The van der Waals surface area contributed by atoms with Crippen molar-refractivity contribution in [3.05, 3.63) is 49.6 Å². The number of rotatable bonds is 4. The predicted molar refractivity (Wildman–Crippen MR) is 84.2 cm³/mol. The lowest BCUT2D eigenvalue weighted by Gasteiger charge is -2.09. The van der Waals surface area contributed by atoms with Crippen LogP contribution in [0, 0.1) is 0 Å². The number of hydrogen-bond acceptors (Lipinski definition) is 3. The monoisotopic (exact) mass is 358 g/mol. The second-order valence-corrected chi connectivity index (χ2v) is 6.81. The summed E-state index contributed by atoms with van der Waals surface area (Å²) in [5.74, 6) is -0.142. The van der Waals surface area contributed by atoms with Crippen molar-refractivity contribution in [2.45, 2.75) is 6.54 Å². The summed E-state index contributed by atoms with van der Waals surface area (Å²) in [6.07, 6.45) is 0. The molecule has 2 rings (SSSR count). The van der Waals surface area contributed by atoms with Gasteiger partial charge in [-0.3, -0.25) is 4.79 Å². The molecular weight excluding hydrogens is 348 g/mol. The molecule has 0 spiro atoms. The number of amides is 1. The van der Waals surface area contributed by atoms with Crippen LogP contribution in [0.2, 0.25) is 5.02 Å². The van der Waals surface area contributed by atoms with Gasteiger partial charge in [-0.2, -0.15) is 0 Å². The van der Waals surface area contributed by atoms with Gasteiger partial charge < -0.3 is 10.6 Å². The van der Waals surface area contributed by atoms with Gasteiger partial charge in [-0.05, 0) is 46.3 Å². The van der Waals surface area contributed by atoms with E-state index in [2.05, 4.69) is 26.6 Å². The maximum absolute atomic E-state index is 12.1. The molecule has 3 nitrogen and oxygen atoms in total. The molecule has 0 fully saturated rings. The first kappa shape index (κ1) is 14.4. The van der Waals surface area contributed by atoms with Gasteiger partial charge in [0.05, 0.1) is 15.9 Å². The van der Waals surface area contributed by atoms with Crippen LogP contribution in [0.25, 0.3) is 0 Å². The van der Waals surface area contributed by atoms with Gasteiger partial charge in [0.2, 0.25) is 0 Å². The number of hydrogen-bond donors (Lipinski definition) is 2. The molecule has 0 aliphatic heterocycles. The fourth-order valence-electron chi connectivity index (χ4n) is 1.63. The molecule has 19 heavy (non-hydrogen) atoms. The summed E-state index contributed by atoms with van der Waals surface area (Å²) in [7, 11) is 1.77. The number of thiophene rings is 1. The van der Waals surface area contributed by atoms with Gasteiger partial charge in [-0.15, -0.1) is 11.3 Å². The van der Waals surface area contributed by atoms with Gasteiger partial charge in [-0.1, -0.05) is 11.6 Å². The Hall–Kier alpha value is -1.04. The summed E-state index contributed by atoms with van der Waals surface area (Å²) in [4.78, 5) is 13.2. The lowest BCUT2D eigenvalue weighted by Crippen LogP contribution is -2.23. The molecule has 1 amide bonds. The molecule has 0 saturated heterocycles. The van der Waals surface area contributed by atoms with Gasteiger partial charge in [0, 0.05) is 22.6 Å². The van der Waals surface area contributed by atoms with Crippen molar-refractivity contribution in [1.82, 2.24) is 5.32 Å². The van der Waals surface area contributed by atoms with Crippen LogP contribution in [0.1, 0.15) is 15.2 Å². The number of nitrogens with one attached hydrogen (secondary N) is 2. The van der Waals surface area contributed by atoms with Crippen molar-refractivity contribution in [3.63, 3.8) is 0 Å². The summed E-state index contributed by atoms with van der Waals surface area (Å²) in [6.45, 7) is 0.505. The molecular formula is C13H12BrClN2OS. The van der Waals surface area contributed by atoms with Crippen molar-refractivity contribution in [2.75, 3.05) is 12.4 Å². The number of carbonyl (C=O) groups is 1. The molecule has 100 valence electrons. The Balaban J connectivity index is 2.09. The van der Waals surface area contributed by atoms with Crippen LogP contribution in [0.15, 0.2) is 34.1 Å². The number of anilines is 1. The molecule has 0 aliphatic carbocycles. The first-order valence-corrected chi connectivity index (χ1v) is 7.58. The lowest BCUT2D eigenvalue weighted by molar-refractivity contribution is 0.0952. The average Bonchev–Trinajstić information content (AvgIpc) is 2.81. The Kier molecular flexibility index (Phi) is 4.85. The smallest absolute Gasteiger partial charge is 0.253 e. The molecule has 6 heteroatoms. The molecule has 0 saturated carbocycles. The maximum atomic E-state index is 12.1. The van der Waals surface area contributed by atoms with Crippen LogP contribution in [-0.4, -0.2) is 13.0 Å². The van der Waals surface area contributed by atoms with Gasteiger partial charge in [0.25, 0.3) is 5.91 Å². The highest BCUT2D eigenvalue weighted by molar-refractivity contribution is 9.11. The second-order valence-electron chi connectivity index (χ2n) is 3.83. The van der Waals surface area contributed by atoms with Crippen LogP contribution < -0.4 is 10.6 Å². The zero-order valence-electron chi connectivity index (χ0n) is 10.2. The van der Waals surface area contributed by atoms with E-state index < -0.39 is 0 Å². The topological polar surface area (TPSA) is 41.1 Å². The van der Waals surface area contributed by atoms with E-state index in [9.17, 15) is 4.79 Å². The molecule has 1 aromatic heterocycles. The number of carbonyl (C=O) groups excluding carboxylic acids is 1.